The lowest BCUT2D eigenvalue weighted by atomic mass is 10.3. The van der Waals surface area contributed by atoms with E-state index in [2.05, 4.69) is 36.5 Å². The van der Waals surface area contributed by atoms with Crippen LogP contribution in [0.1, 0.15) is 0 Å². The Kier molecular flexibility index (Phi) is 4.30. The third-order valence-corrected chi connectivity index (χ3v) is 2.61. The molecule has 2 amide bonds. The molecule has 98 valence electrons. The van der Waals surface area contributed by atoms with Crippen LogP contribution in [0, 0.1) is 0 Å². The van der Waals surface area contributed by atoms with E-state index < -0.39 is 6.03 Å². The monoisotopic (exact) mass is 322 g/mol. The lowest BCUT2D eigenvalue weighted by Crippen LogP contribution is -2.21. The summed E-state index contributed by atoms with van der Waals surface area (Å²) in [6.45, 7) is 0. The van der Waals surface area contributed by atoms with Crippen LogP contribution in [-0.2, 0) is 0 Å². The molecule has 0 aliphatic heterocycles. The number of urea groups is 1. The van der Waals surface area contributed by atoms with Gasteiger partial charge in [0.05, 0.1) is 17.3 Å². The smallest absolute Gasteiger partial charge is 0.326 e. The summed E-state index contributed by atoms with van der Waals surface area (Å²) in [5.74, 6) is 0.796. The van der Waals surface area contributed by atoms with E-state index in [1.54, 1.807) is 30.6 Å². The zero-order valence-corrected chi connectivity index (χ0v) is 11.6. The number of anilines is 2. The average molecular weight is 323 g/mol. The first-order valence-electron chi connectivity index (χ1n) is 5.37. The summed E-state index contributed by atoms with van der Waals surface area (Å²) in [6, 6.07) is 6.67. The largest absolute Gasteiger partial charge is 0.495 e. The zero-order valence-electron chi connectivity index (χ0n) is 10.1. The predicted octanol–water partition coefficient (Wildman–Crippen LogP) is 2.89. The molecule has 0 fully saturated rings. The van der Waals surface area contributed by atoms with Gasteiger partial charge in [-0.2, -0.15) is 0 Å². The van der Waals surface area contributed by atoms with E-state index in [1.807, 2.05) is 6.07 Å². The Morgan fingerprint density at radius 1 is 1.21 bits per heavy atom. The highest BCUT2D eigenvalue weighted by atomic mass is 79.9. The van der Waals surface area contributed by atoms with Crippen molar-refractivity contribution in [2.24, 2.45) is 0 Å². The van der Waals surface area contributed by atoms with Gasteiger partial charge in [0, 0.05) is 12.4 Å². The summed E-state index contributed by atoms with van der Waals surface area (Å²) in [7, 11) is 1.54. The van der Waals surface area contributed by atoms with E-state index in [0.717, 1.165) is 4.47 Å². The number of amides is 2. The number of ether oxygens (including phenoxy) is 1. The number of rotatable bonds is 3. The fourth-order valence-corrected chi connectivity index (χ4v) is 1.58. The van der Waals surface area contributed by atoms with Crippen molar-refractivity contribution in [3.05, 3.63) is 41.1 Å². The van der Waals surface area contributed by atoms with Gasteiger partial charge in [0.25, 0.3) is 0 Å². The van der Waals surface area contributed by atoms with Gasteiger partial charge in [-0.25, -0.2) is 14.8 Å². The maximum atomic E-state index is 11.8. The van der Waals surface area contributed by atoms with Crippen LogP contribution in [0.2, 0.25) is 0 Å². The van der Waals surface area contributed by atoms with Gasteiger partial charge >= 0.3 is 6.03 Å². The normalized spacial score (nSPS) is 9.79. The molecule has 2 rings (SSSR count). The molecule has 19 heavy (non-hydrogen) atoms. The first-order chi connectivity index (χ1) is 9.19. The Bertz CT molecular complexity index is 574. The topological polar surface area (TPSA) is 76.1 Å². The third kappa shape index (κ3) is 3.65. The second kappa shape index (κ2) is 6.14. The second-order valence-electron chi connectivity index (χ2n) is 3.50. The summed E-state index contributed by atoms with van der Waals surface area (Å²) >= 11 is 3.21. The van der Waals surface area contributed by atoms with Crippen LogP contribution in [0.4, 0.5) is 16.4 Å². The molecule has 1 aromatic carbocycles. The van der Waals surface area contributed by atoms with Gasteiger partial charge in [-0.05, 0) is 28.1 Å². The fraction of sp³-hybridized carbons (Fsp3) is 0.0833. The highest BCUT2D eigenvalue weighted by Crippen LogP contribution is 2.22. The molecule has 0 unspecified atom stereocenters. The first kappa shape index (κ1) is 13.3. The molecule has 2 N–H and O–H groups in total. The molecule has 6 nitrogen and oxygen atoms in total. The van der Waals surface area contributed by atoms with E-state index in [9.17, 15) is 4.79 Å². The number of hydrogen-bond donors (Lipinski definition) is 2. The second-order valence-corrected chi connectivity index (χ2v) is 4.42. The van der Waals surface area contributed by atoms with Crippen LogP contribution in [-0.4, -0.2) is 23.1 Å². The molecular weight excluding hydrogens is 312 g/mol. The molecule has 7 heteroatoms. The standard InChI is InChI=1S/C12H11BrN4O2/c1-19-10-5-3-2-4-9(10)16-12(18)17-11-14-6-8(13)7-15-11/h2-7H,1H3,(H2,14,15,16,17,18). The van der Waals surface area contributed by atoms with Crippen LogP contribution < -0.4 is 15.4 Å². The fourth-order valence-electron chi connectivity index (χ4n) is 1.38. The van der Waals surface area contributed by atoms with Crippen molar-refractivity contribution in [1.29, 1.82) is 0 Å². The van der Waals surface area contributed by atoms with Crippen molar-refractivity contribution in [1.82, 2.24) is 9.97 Å². The van der Waals surface area contributed by atoms with Crippen molar-refractivity contribution in [2.75, 3.05) is 17.7 Å². The molecule has 1 aromatic heterocycles. The number of methoxy groups -OCH3 is 1. The molecule has 0 radical (unpaired) electrons. The van der Waals surface area contributed by atoms with Gasteiger partial charge in [0.15, 0.2) is 0 Å². The Morgan fingerprint density at radius 3 is 2.58 bits per heavy atom. The lowest BCUT2D eigenvalue weighted by molar-refractivity contribution is 0.262. The number of carbonyl (C=O) groups is 1. The Morgan fingerprint density at radius 2 is 1.89 bits per heavy atom. The molecule has 1 heterocycles. The van der Waals surface area contributed by atoms with E-state index in [1.165, 1.54) is 7.11 Å². The minimum atomic E-state index is -0.438. The number of hydrogen-bond acceptors (Lipinski definition) is 4. The van der Waals surface area contributed by atoms with Crippen molar-refractivity contribution in [2.45, 2.75) is 0 Å². The Balaban J connectivity index is 2.03. The SMILES string of the molecule is COc1ccccc1NC(=O)Nc1ncc(Br)cn1. The number of benzene rings is 1. The molecule has 2 aromatic rings. The molecule has 0 aliphatic rings. The van der Waals surface area contributed by atoms with Gasteiger partial charge in [0.2, 0.25) is 5.95 Å². The third-order valence-electron chi connectivity index (χ3n) is 2.20. The number of nitrogens with one attached hydrogen (secondary N) is 2. The number of aromatic nitrogens is 2. The van der Waals surface area contributed by atoms with Crippen LogP contribution in [0.25, 0.3) is 0 Å². The van der Waals surface area contributed by atoms with Crippen LogP contribution in [0.5, 0.6) is 5.75 Å². The van der Waals surface area contributed by atoms with Crippen LogP contribution in [0.3, 0.4) is 0 Å². The zero-order chi connectivity index (χ0) is 13.7. The highest BCUT2D eigenvalue weighted by molar-refractivity contribution is 9.10. The van der Waals surface area contributed by atoms with Gasteiger partial charge in [-0.15, -0.1) is 0 Å². The summed E-state index contributed by atoms with van der Waals surface area (Å²) in [6.07, 6.45) is 3.09. The van der Waals surface area contributed by atoms with E-state index in [4.69, 9.17) is 4.74 Å². The van der Waals surface area contributed by atoms with Crippen molar-refractivity contribution in [3.63, 3.8) is 0 Å². The summed E-state index contributed by atoms with van der Waals surface area (Å²) in [5, 5.41) is 5.18. The highest BCUT2D eigenvalue weighted by Gasteiger charge is 2.07. The van der Waals surface area contributed by atoms with Crippen LogP contribution >= 0.6 is 15.9 Å². The minimum Gasteiger partial charge on any atom is -0.495 e. The Labute approximate surface area is 118 Å². The van der Waals surface area contributed by atoms with E-state index >= 15 is 0 Å². The quantitative estimate of drug-likeness (QED) is 0.911. The number of nitrogens with zero attached hydrogens (tertiary/aromatic N) is 2. The molecule has 0 atom stereocenters. The molecular formula is C12H11BrN4O2. The number of carbonyl (C=O) groups excluding carboxylic acids is 1. The average Bonchev–Trinajstić information content (AvgIpc) is 2.42. The summed E-state index contributed by atoms with van der Waals surface area (Å²) in [5.41, 5.74) is 0.569. The van der Waals surface area contributed by atoms with Crippen molar-refractivity contribution >= 4 is 33.6 Å². The van der Waals surface area contributed by atoms with Crippen LogP contribution in [0.15, 0.2) is 41.1 Å². The molecule has 0 spiro atoms. The van der Waals surface area contributed by atoms with Gasteiger partial charge < -0.3 is 10.1 Å². The minimum absolute atomic E-state index is 0.218. The Hall–Kier alpha value is -2.15. The maximum Gasteiger partial charge on any atom is 0.326 e. The molecule has 0 saturated carbocycles. The van der Waals surface area contributed by atoms with Crippen molar-refractivity contribution < 1.29 is 9.53 Å². The predicted molar refractivity (Wildman–Crippen MR) is 75.4 cm³/mol. The lowest BCUT2D eigenvalue weighted by Gasteiger charge is -2.09. The maximum absolute atomic E-state index is 11.8. The summed E-state index contributed by atoms with van der Waals surface area (Å²) in [4.78, 5) is 19.6. The molecule has 0 aliphatic carbocycles. The number of halogens is 1. The van der Waals surface area contributed by atoms with Crippen molar-refractivity contribution in [3.8, 4) is 5.75 Å². The first-order valence-corrected chi connectivity index (χ1v) is 6.17. The van der Waals surface area contributed by atoms with E-state index in [-0.39, 0.29) is 5.95 Å². The van der Waals surface area contributed by atoms with Gasteiger partial charge in [0.1, 0.15) is 5.75 Å². The van der Waals surface area contributed by atoms with E-state index in [0.29, 0.717) is 11.4 Å². The van der Waals surface area contributed by atoms with Gasteiger partial charge in [-0.1, -0.05) is 12.1 Å². The molecule has 0 saturated heterocycles. The summed E-state index contributed by atoms with van der Waals surface area (Å²) < 4.78 is 5.87. The molecule has 0 bridgehead atoms. The number of para-hydroxylation sites is 2. The van der Waals surface area contributed by atoms with Gasteiger partial charge in [-0.3, -0.25) is 5.32 Å².